The van der Waals surface area contributed by atoms with Gasteiger partial charge >= 0.3 is 0 Å². The molecular weight excluding hydrogens is 492 g/mol. The number of aromatic nitrogens is 2. The number of aliphatic hydroxyl groups is 3. The van der Waals surface area contributed by atoms with Gasteiger partial charge in [0.05, 0.1) is 41.4 Å². The molecule has 0 spiro atoms. The van der Waals surface area contributed by atoms with Crippen LogP contribution in [0.4, 0.5) is 0 Å². The molecule has 2 fully saturated rings. The second-order valence-corrected chi connectivity index (χ2v) is 9.51. The van der Waals surface area contributed by atoms with Crippen molar-refractivity contribution in [2.75, 3.05) is 26.2 Å². The monoisotopic (exact) mass is 520 g/mol. The average molecular weight is 521 g/mol. The van der Waals surface area contributed by atoms with E-state index in [0.29, 0.717) is 39.5 Å². The quantitative estimate of drug-likeness (QED) is 0.390. The highest BCUT2D eigenvalue weighted by Gasteiger charge is 2.39. The van der Waals surface area contributed by atoms with Crippen LogP contribution >= 0.6 is 0 Å². The number of ketones is 4. The Labute approximate surface area is 218 Å². The molecule has 2 aromatic heterocycles. The summed E-state index contributed by atoms with van der Waals surface area (Å²) in [6.45, 7) is 4.16. The lowest BCUT2D eigenvalue weighted by atomic mass is 9.95. The predicted molar refractivity (Wildman–Crippen MR) is 136 cm³/mol. The molecule has 2 aliphatic carbocycles. The molecule has 3 N–H and O–H groups in total. The minimum absolute atomic E-state index is 0.0650. The molecular formula is C27H28N4O7. The van der Waals surface area contributed by atoms with Crippen LogP contribution in [-0.2, 0) is 27.3 Å². The fourth-order valence-electron chi connectivity index (χ4n) is 5.08. The molecule has 0 aromatic carbocycles. The van der Waals surface area contributed by atoms with Crippen molar-refractivity contribution in [2.45, 2.75) is 20.1 Å². The largest absolute Gasteiger partial charge is 0.506 e. The van der Waals surface area contributed by atoms with Gasteiger partial charge in [-0.3, -0.25) is 19.2 Å². The van der Waals surface area contributed by atoms with Crippen LogP contribution in [0.5, 0.6) is 0 Å². The van der Waals surface area contributed by atoms with Crippen LogP contribution in [0, 0.1) is 0 Å². The van der Waals surface area contributed by atoms with Gasteiger partial charge in [-0.25, -0.2) is 0 Å². The Morgan fingerprint density at radius 2 is 1.37 bits per heavy atom. The number of aliphatic hydroxyl groups excluding tert-OH is 3. The Balaban J connectivity index is 0.000000158. The zero-order valence-electron chi connectivity index (χ0n) is 21.3. The van der Waals surface area contributed by atoms with Crippen LogP contribution in [0.3, 0.4) is 0 Å². The van der Waals surface area contributed by atoms with E-state index in [4.69, 9.17) is 0 Å². The van der Waals surface area contributed by atoms with E-state index >= 15 is 0 Å². The number of rotatable bonds is 5. The van der Waals surface area contributed by atoms with Gasteiger partial charge in [0, 0.05) is 69.8 Å². The summed E-state index contributed by atoms with van der Waals surface area (Å²) in [5.74, 6) is -0.925. The van der Waals surface area contributed by atoms with Crippen molar-refractivity contribution in [3.05, 3.63) is 75.2 Å². The van der Waals surface area contributed by atoms with E-state index in [-0.39, 0.29) is 46.8 Å². The molecule has 0 amide bonds. The summed E-state index contributed by atoms with van der Waals surface area (Å²) in [5.41, 5.74) is 3.14. The van der Waals surface area contributed by atoms with Crippen molar-refractivity contribution in [3.8, 4) is 0 Å². The summed E-state index contributed by atoms with van der Waals surface area (Å²) in [4.78, 5) is 52.8. The molecule has 2 saturated heterocycles. The van der Waals surface area contributed by atoms with E-state index in [1.807, 2.05) is 9.80 Å². The maximum atomic E-state index is 12.6. The molecule has 11 heteroatoms. The molecule has 4 aliphatic rings. The van der Waals surface area contributed by atoms with Crippen molar-refractivity contribution in [3.63, 3.8) is 0 Å². The van der Waals surface area contributed by atoms with Crippen molar-refractivity contribution in [1.29, 1.82) is 0 Å². The molecule has 198 valence electrons. The maximum absolute atomic E-state index is 12.6. The van der Waals surface area contributed by atoms with E-state index in [1.54, 1.807) is 31.8 Å². The molecule has 0 radical (unpaired) electrons. The van der Waals surface area contributed by atoms with Gasteiger partial charge in [0.1, 0.15) is 17.1 Å². The number of hydrogen-bond donors (Lipinski definition) is 3. The zero-order valence-corrected chi connectivity index (χ0v) is 21.3. The lowest BCUT2D eigenvalue weighted by molar-refractivity contribution is 0.0964. The summed E-state index contributed by atoms with van der Waals surface area (Å²) in [6, 6.07) is 0. The van der Waals surface area contributed by atoms with Crippen molar-refractivity contribution >= 4 is 28.9 Å². The van der Waals surface area contributed by atoms with Crippen molar-refractivity contribution in [2.24, 2.45) is 14.1 Å². The van der Waals surface area contributed by atoms with Crippen LogP contribution in [0.2, 0.25) is 0 Å². The van der Waals surface area contributed by atoms with Crippen LogP contribution in [0.15, 0.2) is 35.8 Å². The summed E-state index contributed by atoms with van der Waals surface area (Å²) < 4.78 is 3.09. The van der Waals surface area contributed by atoms with Crippen LogP contribution in [-0.4, -0.2) is 83.6 Å². The molecule has 2 aromatic rings. The Morgan fingerprint density at radius 1 is 0.842 bits per heavy atom. The summed E-state index contributed by atoms with van der Waals surface area (Å²) in [7, 11) is 3.31. The smallest absolute Gasteiger partial charge is 0.211 e. The van der Waals surface area contributed by atoms with Gasteiger partial charge in [0.15, 0.2) is 0 Å². The number of aryl methyl sites for hydroxylation is 1. The fraction of sp³-hybridized carbons (Fsp3) is 0.333. The van der Waals surface area contributed by atoms with E-state index in [2.05, 4.69) is 0 Å². The summed E-state index contributed by atoms with van der Waals surface area (Å²) >= 11 is 0. The molecule has 38 heavy (non-hydrogen) atoms. The van der Waals surface area contributed by atoms with Crippen LogP contribution in [0.1, 0.15) is 65.4 Å². The van der Waals surface area contributed by atoms with E-state index in [9.17, 15) is 34.5 Å². The van der Waals surface area contributed by atoms with Gasteiger partial charge in [-0.2, -0.15) is 0 Å². The molecule has 11 nitrogen and oxygen atoms in total. The van der Waals surface area contributed by atoms with Gasteiger partial charge in [0.25, 0.3) is 0 Å². The minimum Gasteiger partial charge on any atom is -0.506 e. The number of nitrogens with zero attached hydrogens (tertiary/aromatic N) is 4. The molecule has 0 saturated carbocycles. The molecule has 0 atom stereocenters. The number of Topliss-reactive ketones (excluding diaryl/α,β-unsaturated/α-hetero) is 2. The maximum Gasteiger partial charge on any atom is 0.211 e. The topological polar surface area (TPSA) is 145 Å². The number of carbonyl (C=O) groups is 4. The highest BCUT2D eigenvalue weighted by atomic mass is 16.3. The van der Waals surface area contributed by atoms with E-state index in [1.165, 1.54) is 22.8 Å². The summed E-state index contributed by atoms with van der Waals surface area (Å²) in [6.07, 6.45) is 5.85. The standard InChI is InChI=1S/C15H16N2O4.C12H12N2O3/c1-3-10(19)13-8(7-18)12-14(16(13)2)11(20)6-9(15(12)21)17-4-5-17;1-13-5-7(6-15)10-11(13)9(16)4-8(12(10)17)14-2-3-14/h3,6,18-19H,4-5,7H2,1-2H3;4-5,15H,2-3,6H2,1H3. The number of allylic oxidation sites excluding steroid dienone is 5. The second kappa shape index (κ2) is 9.26. The van der Waals surface area contributed by atoms with Gasteiger partial charge in [-0.05, 0) is 13.0 Å². The Hall–Kier alpha value is -4.22. The first-order chi connectivity index (χ1) is 18.1. The van der Waals surface area contributed by atoms with Gasteiger partial charge in [-0.1, -0.05) is 0 Å². The van der Waals surface area contributed by atoms with Crippen molar-refractivity contribution < 1.29 is 34.5 Å². The highest BCUT2D eigenvalue weighted by Crippen LogP contribution is 2.34. The highest BCUT2D eigenvalue weighted by molar-refractivity contribution is 6.25. The first-order valence-electron chi connectivity index (χ1n) is 12.2. The average Bonchev–Trinajstić information content (AvgIpc) is 3.83. The SMILES string of the molecule is CC=C(O)c1c(CO)c2c(n1C)C(=O)C=C(N1CC1)C2=O.Cn1cc(CO)c2c1C(=O)C=C(N1CC1)C2=O. The Morgan fingerprint density at radius 3 is 1.84 bits per heavy atom. The number of carbonyl (C=O) groups excluding carboxylic acids is 4. The van der Waals surface area contributed by atoms with Crippen LogP contribution < -0.4 is 0 Å². The third-order valence-electron chi connectivity index (χ3n) is 7.10. The molecule has 0 unspecified atom stereocenters. The lowest BCUT2D eigenvalue weighted by Crippen LogP contribution is -2.22. The third kappa shape index (κ3) is 3.91. The molecule has 2 aliphatic heterocycles. The van der Waals surface area contributed by atoms with Gasteiger partial charge in [-0.15, -0.1) is 0 Å². The normalized spacial score (nSPS) is 18.1. The number of hydrogen-bond acceptors (Lipinski definition) is 9. The van der Waals surface area contributed by atoms with E-state index in [0.717, 1.165) is 26.2 Å². The number of fused-ring (bicyclic) bond motifs is 2. The first-order valence-corrected chi connectivity index (χ1v) is 12.2. The minimum atomic E-state index is -0.414. The van der Waals surface area contributed by atoms with Gasteiger partial charge in [0.2, 0.25) is 23.1 Å². The van der Waals surface area contributed by atoms with E-state index < -0.39 is 6.61 Å². The first kappa shape index (κ1) is 25.4. The summed E-state index contributed by atoms with van der Waals surface area (Å²) in [5, 5.41) is 28.9. The second-order valence-electron chi connectivity index (χ2n) is 9.51. The van der Waals surface area contributed by atoms with Crippen molar-refractivity contribution in [1.82, 2.24) is 18.9 Å². The Kier molecular flexibility index (Phi) is 6.20. The Bertz CT molecular complexity index is 1510. The third-order valence-corrected chi connectivity index (χ3v) is 7.10. The predicted octanol–water partition coefficient (Wildman–Crippen LogP) is 1.11. The zero-order chi connectivity index (χ0) is 27.5. The lowest BCUT2D eigenvalue weighted by Gasteiger charge is -2.14. The van der Waals surface area contributed by atoms with Crippen LogP contribution in [0.25, 0.3) is 5.76 Å². The molecule has 4 heterocycles. The fourth-order valence-corrected chi connectivity index (χ4v) is 5.08. The molecule has 0 bridgehead atoms. The van der Waals surface area contributed by atoms with Gasteiger partial charge < -0.3 is 34.3 Å². The molecule has 6 rings (SSSR count).